The summed E-state index contributed by atoms with van der Waals surface area (Å²) < 4.78 is 0. The Morgan fingerprint density at radius 1 is 1.60 bits per heavy atom. The van der Waals surface area contributed by atoms with Gasteiger partial charge in [-0.25, -0.2) is 0 Å². The van der Waals surface area contributed by atoms with Crippen molar-refractivity contribution in [2.75, 3.05) is 6.54 Å². The first kappa shape index (κ1) is 9.53. The Labute approximate surface area is 63.8 Å². The Morgan fingerprint density at radius 3 is 2.50 bits per heavy atom. The van der Waals surface area contributed by atoms with Crippen LogP contribution in [0.1, 0.15) is 26.7 Å². The maximum absolute atomic E-state index is 10.6. The van der Waals surface area contributed by atoms with Gasteiger partial charge >= 0.3 is 0 Å². The fourth-order valence-electron chi connectivity index (χ4n) is 0.796. The van der Waals surface area contributed by atoms with Crippen molar-refractivity contribution in [3.63, 3.8) is 0 Å². The third-order valence-corrected chi connectivity index (χ3v) is 1.33. The molecule has 1 fully saturated rings. The molecule has 10 heavy (non-hydrogen) atoms. The highest BCUT2D eigenvalue weighted by Crippen LogP contribution is 2.11. The first-order valence-electron chi connectivity index (χ1n) is 3.84. The van der Waals surface area contributed by atoms with E-state index in [0.29, 0.717) is 0 Å². The van der Waals surface area contributed by atoms with Gasteiger partial charge in [-0.1, -0.05) is 13.8 Å². The highest BCUT2D eigenvalue weighted by atomic mass is 16.1. The average Bonchev–Trinajstić information content (AvgIpc) is 2.00. The summed E-state index contributed by atoms with van der Waals surface area (Å²) in [5.74, 6) is -0.250. The summed E-state index contributed by atoms with van der Waals surface area (Å²) in [6.07, 6.45) is 1.86. The molecule has 1 atom stereocenters. The Bertz CT molecular complexity index is 106. The molecule has 1 unspecified atom stereocenters. The van der Waals surface area contributed by atoms with E-state index in [1.807, 2.05) is 13.8 Å². The lowest BCUT2D eigenvalue weighted by atomic mass is 9.81. The molecule has 2 nitrogen and oxygen atoms in total. The number of piperidine rings is 1. The van der Waals surface area contributed by atoms with E-state index in [4.69, 9.17) is 7.85 Å². The summed E-state index contributed by atoms with van der Waals surface area (Å²) in [6, 6.07) is 0. The lowest BCUT2D eigenvalue weighted by Gasteiger charge is -2.17. The molecule has 0 aromatic heterocycles. The van der Waals surface area contributed by atoms with Crippen LogP contribution in [0.5, 0.6) is 0 Å². The largest absolute Gasteiger partial charge is 0.357 e. The molecule has 1 rings (SSSR count). The zero-order chi connectivity index (χ0) is 7.98. The van der Waals surface area contributed by atoms with Crippen LogP contribution in [0.25, 0.3) is 0 Å². The van der Waals surface area contributed by atoms with Gasteiger partial charge in [-0.3, -0.25) is 4.79 Å². The van der Waals surface area contributed by atoms with Crippen molar-refractivity contribution >= 4 is 13.8 Å². The molecule has 0 bridgehead atoms. The molecule has 1 amide bonds. The highest BCUT2D eigenvalue weighted by molar-refractivity contribution is 6.23. The maximum atomic E-state index is 10.6. The molecule has 1 N–H and O–H groups in total. The molecule has 0 saturated carbocycles. The standard InChI is InChI=1S/C5H8BNO.C2H6/c6-4-2-1-3-7-5(4)8;1-2/h4H,1-3H2,(H,7,8);1-2H3. The second kappa shape index (κ2) is 5.33. The predicted molar refractivity (Wildman–Crippen MR) is 43.1 cm³/mol. The van der Waals surface area contributed by atoms with Crippen molar-refractivity contribution in [1.82, 2.24) is 5.32 Å². The zero-order valence-electron chi connectivity index (χ0n) is 6.68. The molecule has 0 aliphatic carbocycles. The summed E-state index contributed by atoms with van der Waals surface area (Å²) in [7, 11) is 5.37. The van der Waals surface area contributed by atoms with Crippen LogP contribution in [0, 0.1) is 0 Å². The normalized spacial score (nSPS) is 24.2. The van der Waals surface area contributed by atoms with Crippen molar-refractivity contribution in [1.29, 1.82) is 0 Å². The number of hydrogen-bond acceptors (Lipinski definition) is 1. The molecule has 3 heteroatoms. The molecule has 0 aromatic rings. The van der Waals surface area contributed by atoms with E-state index < -0.39 is 0 Å². The van der Waals surface area contributed by atoms with Crippen LogP contribution in [0.2, 0.25) is 5.82 Å². The molecular formula is C7H14BNO. The van der Waals surface area contributed by atoms with E-state index in [0.717, 1.165) is 19.4 Å². The van der Waals surface area contributed by atoms with Gasteiger partial charge in [0.25, 0.3) is 0 Å². The first-order chi connectivity index (χ1) is 4.80. The highest BCUT2D eigenvalue weighted by Gasteiger charge is 2.14. The topological polar surface area (TPSA) is 29.1 Å². The van der Waals surface area contributed by atoms with Gasteiger partial charge < -0.3 is 5.32 Å². The quantitative estimate of drug-likeness (QED) is 0.496. The van der Waals surface area contributed by atoms with Gasteiger partial charge in [-0.15, -0.1) is 0 Å². The van der Waals surface area contributed by atoms with Gasteiger partial charge in [0.15, 0.2) is 0 Å². The second-order valence-electron chi connectivity index (χ2n) is 2.04. The van der Waals surface area contributed by atoms with Crippen LogP contribution < -0.4 is 5.32 Å². The van der Waals surface area contributed by atoms with E-state index in [9.17, 15) is 4.79 Å². The lowest BCUT2D eigenvalue weighted by molar-refractivity contribution is -0.122. The lowest BCUT2D eigenvalue weighted by Crippen LogP contribution is -2.33. The third kappa shape index (κ3) is 2.90. The van der Waals surface area contributed by atoms with Gasteiger partial charge in [0.1, 0.15) is 0 Å². The molecule has 1 aliphatic heterocycles. The van der Waals surface area contributed by atoms with Gasteiger partial charge in [0, 0.05) is 12.4 Å². The van der Waals surface area contributed by atoms with Crippen molar-refractivity contribution in [3.8, 4) is 0 Å². The fourth-order valence-corrected chi connectivity index (χ4v) is 0.796. The van der Waals surface area contributed by atoms with Crippen LogP contribution in [0.4, 0.5) is 0 Å². The van der Waals surface area contributed by atoms with Crippen LogP contribution in [0.3, 0.4) is 0 Å². The Balaban J connectivity index is 0.000000371. The molecule has 56 valence electrons. The Hall–Kier alpha value is -0.465. The summed E-state index contributed by atoms with van der Waals surface area (Å²) in [6.45, 7) is 4.80. The molecule has 1 aliphatic rings. The monoisotopic (exact) mass is 139 g/mol. The first-order valence-corrected chi connectivity index (χ1v) is 3.84. The fraction of sp³-hybridized carbons (Fsp3) is 0.857. The van der Waals surface area contributed by atoms with Crippen molar-refractivity contribution < 1.29 is 4.79 Å². The number of amides is 1. The van der Waals surface area contributed by atoms with Crippen molar-refractivity contribution in [2.24, 2.45) is 0 Å². The number of carbonyl (C=O) groups excluding carboxylic acids is 1. The van der Waals surface area contributed by atoms with Gasteiger partial charge in [0.2, 0.25) is 5.91 Å². The van der Waals surface area contributed by atoms with Gasteiger partial charge in [0.05, 0.1) is 7.85 Å². The SMILES string of the molecule is CC.[B]C1CCCNC1=O. The smallest absolute Gasteiger partial charge is 0.214 e. The molecular weight excluding hydrogens is 125 g/mol. The van der Waals surface area contributed by atoms with E-state index >= 15 is 0 Å². The third-order valence-electron chi connectivity index (χ3n) is 1.33. The Morgan fingerprint density at radius 2 is 2.20 bits per heavy atom. The van der Waals surface area contributed by atoms with Crippen LogP contribution >= 0.6 is 0 Å². The van der Waals surface area contributed by atoms with E-state index in [1.165, 1.54) is 0 Å². The minimum atomic E-state index is -0.247. The average molecular weight is 139 g/mol. The van der Waals surface area contributed by atoms with E-state index in [-0.39, 0.29) is 11.7 Å². The number of carbonyl (C=O) groups is 1. The molecule has 1 heterocycles. The van der Waals surface area contributed by atoms with Gasteiger partial charge in [-0.05, 0) is 12.8 Å². The van der Waals surface area contributed by atoms with Gasteiger partial charge in [-0.2, -0.15) is 0 Å². The van der Waals surface area contributed by atoms with E-state index in [2.05, 4.69) is 5.32 Å². The molecule has 0 aromatic carbocycles. The maximum Gasteiger partial charge on any atom is 0.214 e. The van der Waals surface area contributed by atoms with Crippen LogP contribution in [0.15, 0.2) is 0 Å². The number of hydrogen-bond donors (Lipinski definition) is 1. The van der Waals surface area contributed by atoms with Crippen molar-refractivity contribution in [3.05, 3.63) is 0 Å². The number of rotatable bonds is 0. The summed E-state index contributed by atoms with van der Waals surface area (Å²) >= 11 is 0. The molecule has 2 radical (unpaired) electrons. The second-order valence-corrected chi connectivity index (χ2v) is 2.04. The summed E-state index contributed by atoms with van der Waals surface area (Å²) in [4.78, 5) is 10.6. The molecule has 1 saturated heterocycles. The minimum Gasteiger partial charge on any atom is -0.357 e. The minimum absolute atomic E-state index is 0.00347. The van der Waals surface area contributed by atoms with Crippen molar-refractivity contribution in [2.45, 2.75) is 32.5 Å². The predicted octanol–water partition coefficient (Wildman–Crippen LogP) is 0.880. The number of nitrogens with one attached hydrogen (secondary N) is 1. The summed E-state index contributed by atoms with van der Waals surface area (Å²) in [5.41, 5.74) is 0. The van der Waals surface area contributed by atoms with Crippen LogP contribution in [-0.4, -0.2) is 20.3 Å². The zero-order valence-corrected chi connectivity index (χ0v) is 6.68. The summed E-state index contributed by atoms with van der Waals surface area (Å²) in [5, 5.41) is 2.67. The van der Waals surface area contributed by atoms with E-state index in [1.54, 1.807) is 0 Å². The van der Waals surface area contributed by atoms with Crippen LogP contribution in [-0.2, 0) is 4.79 Å². The molecule has 0 spiro atoms. The Kier molecular flexibility index (Phi) is 5.08.